The Bertz CT molecular complexity index is 767. The molecule has 21 heavy (non-hydrogen) atoms. The second-order valence-corrected chi connectivity index (χ2v) is 5.67. The Morgan fingerprint density at radius 3 is 2.81 bits per heavy atom. The lowest BCUT2D eigenvalue weighted by Gasteiger charge is -2.19. The van der Waals surface area contributed by atoms with E-state index in [0.29, 0.717) is 28.2 Å². The molecule has 2 aromatic rings. The molecule has 0 saturated heterocycles. The summed E-state index contributed by atoms with van der Waals surface area (Å²) in [4.78, 5) is 15.2. The van der Waals surface area contributed by atoms with Crippen LogP contribution < -0.4 is 0 Å². The van der Waals surface area contributed by atoms with Crippen molar-refractivity contribution >= 4 is 29.2 Å². The van der Waals surface area contributed by atoms with Gasteiger partial charge in [0.2, 0.25) is 0 Å². The van der Waals surface area contributed by atoms with Crippen LogP contribution in [0.3, 0.4) is 0 Å². The van der Waals surface area contributed by atoms with Crippen molar-refractivity contribution in [2.45, 2.75) is 26.3 Å². The first-order valence-electron chi connectivity index (χ1n) is 6.70. The van der Waals surface area contributed by atoms with E-state index in [1.54, 1.807) is 16.7 Å². The molecule has 0 radical (unpaired) electrons. The molecule has 1 aromatic heterocycles. The van der Waals surface area contributed by atoms with E-state index in [0.717, 1.165) is 5.52 Å². The third-order valence-corrected chi connectivity index (χ3v) is 3.65. The number of esters is 1. The number of methoxy groups -OCH3 is 1. The smallest absolute Gasteiger partial charge is 0.328 e. The molecular formula is C15H17N3O2S. The number of aromatic amines is 1. The highest BCUT2D eigenvalue weighted by Crippen LogP contribution is 2.26. The molecule has 1 heterocycles. The molecule has 5 nitrogen and oxygen atoms in total. The standard InChI is InChI=1S/C15H17N3O2S/c1-9(2)7-12(14(19)20-3)18-11-6-4-5-10(8-16)13(11)17-15(18)21/h4-6,9,12H,7H2,1-3H3,(H,17,21). The highest BCUT2D eigenvalue weighted by Gasteiger charge is 2.25. The van der Waals surface area contributed by atoms with Crippen LogP contribution in [0.5, 0.6) is 0 Å². The lowest BCUT2D eigenvalue weighted by molar-refractivity contribution is -0.145. The van der Waals surface area contributed by atoms with Crippen LogP contribution in [-0.4, -0.2) is 22.6 Å². The largest absolute Gasteiger partial charge is 0.467 e. The van der Waals surface area contributed by atoms with Gasteiger partial charge >= 0.3 is 5.97 Å². The zero-order chi connectivity index (χ0) is 15.6. The third kappa shape index (κ3) is 2.83. The molecule has 1 N–H and O–H groups in total. The first-order chi connectivity index (χ1) is 9.99. The quantitative estimate of drug-likeness (QED) is 0.694. The van der Waals surface area contributed by atoms with E-state index >= 15 is 0 Å². The van der Waals surface area contributed by atoms with E-state index < -0.39 is 6.04 Å². The lowest BCUT2D eigenvalue weighted by atomic mass is 10.0. The molecule has 0 saturated carbocycles. The Kier molecular flexibility index (Phi) is 4.43. The summed E-state index contributed by atoms with van der Waals surface area (Å²) < 4.78 is 7.08. The van der Waals surface area contributed by atoms with Gasteiger partial charge in [-0.05, 0) is 36.7 Å². The zero-order valence-electron chi connectivity index (χ0n) is 12.2. The predicted molar refractivity (Wildman–Crippen MR) is 82.3 cm³/mol. The van der Waals surface area contributed by atoms with Crippen molar-refractivity contribution in [3.8, 4) is 6.07 Å². The Labute approximate surface area is 128 Å². The number of fused-ring (bicyclic) bond motifs is 1. The van der Waals surface area contributed by atoms with Gasteiger partial charge in [-0.1, -0.05) is 19.9 Å². The number of benzene rings is 1. The van der Waals surface area contributed by atoms with Crippen molar-refractivity contribution in [3.63, 3.8) is 0 Å². The van der Waals surface area contributed by atoms with Crippen LogP contribution in [0, 0.1) is 22.0 Å². The first-order valence-corrected chi connectivity index (χ1v) is 7.11. The number of aromatic nitrogens is 2. The second-order valence-electron chi connectivity index (χ2n) is 5.28. The minimum Gasteiger partial charge on any atom is -0.467 e. The number of imidazole rings is 1. The lowest BCUT2D eigenvalue weighted by Crippen LogP contribution is -2.22. The van der Waals surface area contributed by atoms with Crippen molar-refractivity contribution in [1.82, 2.24) is 9.55 Å². The maximum absolute atomic E-state index is 12.1. The van der Waals surface area contributed by atoms with Crippen LogP contribution in [0.4, 0.5) is 0 Å². The molecule has 1 atom stereocenters. The number of nitrogens with one attached hydrogen (secondary N) is 1. The zero-order valence-corrected chi connectivity index (χ0v) is 13.0. The number of para-hydroxylation sites is 1. The van der Waals surface area contributed by atoms with Crippen molar-refractivity contribution in [3.05, 3.63) is 28.5 Å². The van der Waals surface area contributed by atoms with Crippen LogP contribution in [0.25, 0.3) is 11.0 Å². The van der Waals surface area contributed by atoms with Gasteiger partial charge in [0.05, 0.1) is 23.7 Å². The maximum Gasteiger partial charge on any atom is 0.328 e. The normalized spacial score (nSPS) is 12.3. The Morgan fingerprint density at radius 1 is 1.52 bits per heavy atom. The first kappa shape index (κ1) is 15.3. The van der Waals surface area contributed by atoms with Gasteiger partial charge in [-0.2, -0.15) is 5.26 Å². The minimum absolute atomic E-state index is 0.306. The molecule has 1 aromatic carbocycles. The number of hydrogen-bond donors (Lipinski definition) is 1. The maximum atomic E-state index is 12.1. The summed E-state index contributed by atoms with van der Waals surface area (Å²) in [5, 5.41) is 9.17. The van der Waals surface area contributed by atoms with Crippen molar-refractivity contribution in [1.29, 1.82) is 5.26 Å². The molecule has 110 valence electrons. The molecule has 0 aliphatic rings. The molecule has 0 bridgehead atoms. The Morgan fingerprint density at radius 2 is 2.24 bits per heavy atom. The third-order valence-electron chi connectivity index (χ3n) is 3.35. The van der Waals surface area contributed by atoms with Crippen molar-refractivity contribution < 1.29 is 9.53 Å². The van der Waals surface area contributed by atoms with Gasteiger partial charge in [-0.3, -0.25) is 0 Å². The monoisotopic (exact) mass is 303 g/mol. The highest BCUT2D eigenvalue weighted by atomic mass is 32.1. The molecule has 1 unspecified atom stereocenters. The van der Waals surface area contributed by atoms with E-state index in [2.05, 4.69) is 11.1 Å². The predicted octanol–water partition coefficient (Wildman–Crippen LogP) is 3.33. The Hall–Kier alpha value is -2.13. The number of hydrogen-bond acceptors (Lipinski definition) is 4. The average molecular weight is 303 g/mol. The average Bonchev–Trinajstić information content (AvgIpc) is 2.79. The molecule has 0 aliphatic heterocycles. The summed E-state index contributed by atoms with van der Waals surface area (Å²) in [7, 11) is 1.37. The van der Waals surface area contributed by atoms with Gasteiger partial charge in [0, 0.05) is 0 Å². The SMILES string of the molecule is COC(=O)C(CC(C)C)n1c(=S)[nH]c2c(C#N)cccc21. The van der Waals surface area contributed by atoms with Gasteiger partial charge in [-0.15, -0.1) is 0 Å². The van der Waals surface area contributed by atoms with E-state index in [-0.39, 0.29) is 5.97 Å². The fourth-order valence-corrected chi connectivity index (χ4v) is 2.77. The molecule has 0 spiro atoms. The fraction of sp³-hybridized carbons (Fsp3) is 0.400. The van der Waals surface area contributed by atoms with E-state index in [9.17, 15) is 10.1 Å². The summed E-state index contributed by atoms with van der Waals surface area (Å²) in [6.45, 7) is 4.07. The number of nitrogens with zero attached hydrogens (tertiary/aromatic N) is 2. The van der Waals surface area contributed by atoms with E-state index in [1.807, 2.05) is 19.9 Å². The number of nitriles is 1. The molecule has 0 fully saturated rings. The minimum atomic E-state index is -0.495. The van der Waals surface area contributed by atoms with E-state index in [1.165, 1.54) is 7.11 Å². The molecule has 0 aliphatic carbocycles. The summed E-state index contributed by atoms with van der Waals surface area (Å²) in [6.07, 6.45) is 0.616. The number of ether oxygens (including phenoxy) is 1. The van der Waals surface area contributed by atoms with Crippen molar-refractivity contribution in [2.75, 3.05) is 7.11 Å². The van der Waals surface area contributed by atoms with Gasteiger partial charge in [0.1, 0.15) is 12.1 Å². The van der Waals surface area contributed by atoms with Gasteiger partial charge in [-0.25, -0.2) is 4.79 Å². The van der Waals surface area contributed by atoms with Crippen LogP contribution in [-0.2, 0) is 9.53 Å². The van der Waals surface area contributed by atoms with Gasteiger partial charge in [0.15, 0.2) is 4.77 Å². The number of carbonyl (C=O) groups is 1. The summed E-state index contributed by atoms with van der Waals surface area (Å²) in [5.74, 6) is -0.0249. The molecule has 0 amide bonds. The summed E-state index contributed by atoms with van der Waals surface area (Å²) >= 11 is 5.35. The molecular weight excluding hydrogens is 286 g/mol. The van der Waals surface area contributed by atoms with Crippen molar-refractivity contribution in [2.24, 2.45) is 5.92 Å². The topological polar surface area (TPSA) is 70.8 Å². The number of rotatable bonds is 4. The van der Waals surface area contributed by atoms with Crippen LogP contribution in [0.1, 0.15) is 31.9 Å². The highest BCUT2D eigenvalue weighted by molar-refractivity contribution is 7.71. The van der Waals surface area contributed by atoms with Crippen LogP contribution in [0.15, 0.2) is 18.2 Å². The van der Waals surface area contributed by atoms with E-state index in [4.69, 9.17) is 17.0 Å². The second kappa shape index (κ2) is 6.10. The van der Waals surface area contributed by atoms with Gasteiger partial charge < -0.3 is 14.3 Å². The number of carbonyl (C=O) groups excluding carboxylic acids is 1. The molecule has 2 rings (SSSR count). The number of H-pyrrole nitrogens is 1. The summed E-state index contributed by atoms with van der Waals surface area (Å²) in [5.41, 5.74) is 1.91. The fourth-order valence-electron chi connectivity index (χ4n) is 2.44. The Balaban J connectivity index is 2.69. The van der Waals surface area contributed by atoms with Crippen LogP contribution >= 0.6 is 12.2 Å². The molecule has 6 heteroatoms. The summed E-state index contributed by atoms with van der Waals surface area (Å²) in [6, 6.07) is 6.97. The van der Waals surface area contributed by atoms with Gasteiger partial charge in [0.25, 0.3) is 0 Å². The van der Waals surface area contributed by atoms with Crippen LogP contribution in [0.2, 0.25) is 0 Å².